The number of nitrogens with one attached hydrogen (secondary N) is 1. The Morgan fingerprint density at radius 1 is 0.875 bits per heavy atom. The molecule has 2 saturated carbocycles. The largest absolute Gasteiger partial charge is 0.466 e. The zero-order valence-electron chi connectivity index (χ0n) is 24.6. The van der Waals surface area contributed by atoms with Crippen molar-refractivity contribution >= 4 is 12.1 Å². The van der Waals surface area contributed by atoms with Gasteiger partial charge in [0.25, 0.3) is 0 Å². The van der Waals surface area contributed by atoms with Crippen LogP contribution in [0.3, 0.4) is 0 Å². The van der Waals surface area contributed by atoms with Gasteiger partial charge in [0.1, 0.15) is 6.61 Å². The molecule has 0 unspecified atom stereocenters. The van der Waals surface area contributed by atoms with Crippen molar-refractivity contribution in [1.82, 2.24) is 10.2 Å². The van der Waals surface area contributed by atoms with Crippen molar-refractivity contribution in [1.29, 1.82) is 0 Å². The molecule has 4 fully saturated rings. The topological polar surface area (TPSA) is 108 Å². The molecule has 5 rings (SSSR count). The van der Waals surface area contributed by atoms with E-state index in [4.69, 9.17) is 14.9 Å². The van der Waals surface area contributed by atoms with E-state index in [1.54, 1.807) is 6.92 Å². The quantitative estimate of drug-likeness (QED) is 0.378. The first-order valence-electron chi connectivity index (χ1n) is 15.5. The number of ether oxygens (including phenoxy) is 2. The highest BCUT2D eigenvalue weighted by Gasteiger charge is 2.43. The van der Waals surface area contributed by atoms with Crippen molar-refractivity contribution < 1.29 is 29.3 Å². The van der Waals surface area contributed by atoms with E-state index in [1.165, 1.54) is 45.7 Å². The van der Waals surface area contributed by atoms with Gasteiger partial charge in [0, 0.05) is 33.2 Å². The van der Waals surface area contributed by atoms with E-state index >= 15 is 0 Å². The minimum Gasteiger partial charge on any atom is -0.466 e. The Labute approximate surface area is 240 Å². The second-order valence-electron chi connectivity index (χ2n) is 11.7. The average molecular weight is 561 g/mol. The van der Waals surface area contributed by atoms with Gasteiger partial charge in [-0.05, 0) is 112 Å². The predicted molar refractivity (Wildman–Crippen MR) is 155 cm³/mol. The summed E-state index contributed by atoms with van der Waals surface area (Å²) in [5.41, 5.74) is 1.02. The summed E-state index contributed by atoms with van der Waals surface area (Å²) in [6.07, 6.45) is 9.36. The van der Waals surface area contributed by atoms with Crippen LogP contribution in [0.4, 0.5) is 4.79 Å². The number of aliphatic hydroxyl groups is 2. The molecule has 2 saturated heterocycles. The van der Waals surface area contributed by atoms with Crippen LogP contribution in [0, 0.1) is 35.5 Å². The molecule has 2 aliphatic heterocycles. The molecule has 8 nitrogen and oxygen atoms in total. The lowest BCUT2D eigenvalue weighted by molar-refractivity contribution is -0.140. The van der Waals surface area contributed by atoms with E-state index in [0.29, 0.717) is 26.4 Å². The smallest absolute Gasteiger partial charge is 0.410 e. The van der Waals surface area contributed by atoms with Crippen LogP contribution in [0.2, 0.25) is 0 Å². The predicted octanol–water partition coefficient (Wildman–Crippen LogP) is 4.63. The van der Waals surface area contributed by atoms with Crippen molar-refractivity contribution in [3.63, 3.8) is 0 Å². The highest BCUT2D eigenvalue weighted by molar-refractivity contribution is 5.67. The molecular formula is C32H52N2O6. The molecule has 1 amide bonds. The van der Waals surface area contributed by atoms with E-state index < -0.39 is 0 Å². The third-order valence-electron chi connectivity index (χ3n) is 8.90. The normalized spacial score (nSPS) is 25.9. The lowest BCUT2D eigenvalue weighted by Crippen LogP contribution is -2.39. The fraction of sp³-hybridized carbons (Fsp3) is 0.750. The number of aliphatic hydroxyl groups excluding tert-OH is 2. The number of hydrogen-bond acceptors (Lipinski definition) is 7. The zero-order valence-corrected chi connectivity index (χ0v) is 24.6. The van der Waals surface area contributed by atoms with Gasteiger partial charge in [-0.3, -0.25) is 4.79 Å². The maximum absolute atomic E-state index is 12.1. The maximum atomic E-state index is 12.1. The molecule has 2 aliphatic carbocycles. The summed E-state index contributed by atoms with van der Waals surface area (Å²) in [6, 6.07) is 9.79. The minimum absolute atomic E-state index is 0.190. The second kappa shape index (κ2) is 17.6. The van der Waals surface area contributed by atoms with Gasteiger partial charge in [0.15, 0.2) is 0 Å². The minimum atomic E-state index is -0.211. The molecule has 226 valence electrons. The first-order valence-corrected chi connectivity index (χ1v) is 15.5. The summed E-state index contributed by atoms with van der Waals surface area (Å²) in [4.78, 5) is 23.8. The average Bonchev–Trinajstić information content (AvgIpc) is 3.91. The van der Waals surface area contributed by atoms with E-state index in [9.17, 15) is 9.59 Å². The van der Waals surface area contributed by atoms with Gasteiger partial charge in [0.2, 0.25) is 0 Å². The molecule has 4 aliphatic rings. The summed E-state index contributed by atoms with van der Waals surface area (Å²) in [6.45, 7) is 8.75. The third-order valence-corrected chi connectivity index (χ3v) is 8.90. The molecule has 40 heavy (non-hydrogen) atoms. The summed E-state index contributed by atoms with van der Waals surface area (Å²) in [7, 11) is 0. The van der Waals surface area contributed by atoms with E-state index in [0.717, 1.165) is 79.8 Å². The Kier molecular flexibility index (Phi) is 14.2. The van der Waals surface area contributed by atoms with Crippen LogP contribution in [-0.4, -0.2) is 73.2 Å². The number of hydrogen-bond donors (Lipinski definition) is 3. The third kappa shape index (κ3) is 11.4. The van der Waals surface area contributed by atoms with E-state index in [2.05, 4.69) is 10.1 Å². The van der Waals surface area contributed by atoms with Gasteiger partial charge in [-0.15, -0.1) is 0 Å². The number of rotatable bonds is 9. The Bertz CT molecular complexity index is 854. The number of carbonyl (C=O) groups excluding carboxylic acids is 2. The van der Waals surface area contributed by atoms with Gasteiger partial charge in [-0.25, -0.2) is 4.79 Å². The molecule has 4 atom stereocenters. The first-order chi connectivity index (χ1) is 19.5. The number of benzene rings is 1. The number of piperidine rings is 2. The molecule has 0 spiro atoms. The Balaban J connectivity index is 0.000000204. The van der Waals surface area contributed by atoms with Crippen LogP contribution in [0.1, 0.15) is 70.8 Å². The van der Waals surface area contributed by atoms with Crippen LogP contribution in [0.25, 0.3) is 0 Å². The van der Waals surface area contributed by atoms with Gasteiger partial charge in [-0.2, -0.15) is 0 Å². The number of nitrogens with zero attached hydrogens (tertiary/aromatic N) is 1. The number of esters is 1. The van der Waals surface area contributed by atoms with Gasteiger partial charge < -0.3 is 29.9 Å². The molecule has 0 bridgehead atoms. The Morgan fingerprint density at radius 3 is 1.90 bits per heavy atom. The van der Waals surface area contributed by atoms with Crippen LogP contribution in [0.5, 0.6) is 0 Å². The molecule has 2 heterocycles. The van der Waals surface area contributed by atoms with Crippen LogP contribution < -0.4 is 5.32 Å². The lowest BCUT2D eigenvalue weighted by Gasteiger charge is -2.31. The SMILES string of the molecule is CCOC(C)=O.O=C(OCc1ccccc1)N1CCC([C@H]2C[C@@H]2CCO)CC1.OCC[C@H]1C[C@@H]1C1CCNCC1. The van der Waals surface area contributed by atoms with Gasteiger partial charge >= 0.3 is 12.1 Å². The van der Waals surface area contributed by atoms with Crippen LogP contribution >= 0.6 is 0 Å². The van der Waals surface area contributed by atoms with E-state index in [-0.39, 0.29) is 12.1 Å². The number of amides is 1. The summed E-state index contributed by atoms with van der Waals surface area (Å²) >= 11 is 0. The number of carbonyl (C=O) groups is 2. The standard InChI is InChI=1S/C18H25NO3.C10H19NO.C4H8O2/c20-11-8-16-12-17(16)15-6-9-19(10-7-15)18(21)22-13-14-4-2-1-3-5-14;12-6-3-9-7-10(9)8-1-4-11-5-2-8;1-3-6-4(2)5/h1-5,15-17,20H,6-13H2;8-12H,1-7H2;3H2,1-2H3/t16-,17+;9-,10+;/m00./s1. The maximum Gasteiger partial charge on any atom is 0.410 e. The fourth-order valence-electron chi connectivity index (χ4n) is 6.49. The highest BCUT2D eigenvalue weighted by atomic mass is 16.6. The summed E-state index contributed by atoms with van der Waals surface area (Å²) < 4.78 is 9.80. The van der Waals surface area contributed by atoms with Gasteiger partial charge in [-0.1, -0.05) is 30.3 Å². The molecule has 1 aromatic rings. The summed E-state index contributed by atoms with van der Waals surface area (Å²) in [5.74, 6) is 4.86. The van der Waals surface area contributed by atoms with Crippen LogP contribution in [0.15, 0.2) is 30.3 Å². The first kappa shape index (κ1) is 32.4. The van der Waals surface area contributed by atoms with Crippen molar-refractivity contribution in [2.75, 3.05) is 46.0 Å². The Hall–Kier alpha value is -2.16. The lowest BCUT2D eigenvalue weighted by atomic mass is 9.91. The molecule has 0 radical (unpaired) electrons. The van der Waals surface area contributed by atoms with Crippen LogP contribution in [-0.2, 0) is 20.9 Å². The highest BCUT2D eigenvalue weighted by Crippen LogP contribution is 2.50. The zero-order chi connectivity index (χ0) is 28.7. The van der Waals surface area contributed by atoms with Crippen molar-refractivity contribution in [3.05, 3.63) is 35.9 Å². The fourth-order valence-corrected chi connectivity index (χ4v) is 6.49. The molecule has 8 heteroatoms. The van der Waals surface area contributed by atoms with Gasteiger partial charge in [0.05, 0.1) is 6.61 Å². The molecule has 0 aromatic heterocycles. The number of likely N-dealkylation sites (tertiary alicyclic amines) is 1. The molecular weight excluding hydrogens is 508 g/mol. The van der Waals surface area contributed by atoms with Crippen molar-refractivity contribution in [2.45, 2.75) is 71.8 Å². The van der Waals surface area contributed by atoms with E-state index in [1.807, 2.05) is 35.2 Å². The monoisotopic (exact) mass is 560 g/mol. The molecule has 3 N–H and O–H groups in total. The van der Waals surface area contributed by atoms with Crippen molar-refractivity contribution in [2.24, 2.45) is 35.5 Å². The summed E-state index contributed by atoms with van der Waals surface area (Å²) in [5, 5.41) is 21.2. The van der Waals surface area contributed by atoms with Crippen molar-refractivity contribution in [3.8, 4) is 0 Å². The second-order valence-corrected chi connectivity index (χ2v) is 11.7. The molecule has 1 aromatic carbocycles. The Morgan fingerprint density at radius 2 is 1.43 bits per heavy atom.